The molecule has 0 aromatic heterocycles. The van der Waals surface area contributed by atoms with Crippen molar-refractivity contribution in [1.29, 1.82) is 0 Å². The molecular formula is C10H20N2. The third-order valence-corrected chi connectivity index (χ3v) is 3.35. The van der Waals surface area contributed by atoms with Crippen molar-refractivity contribution in [3.05, 3.63) is 0 Å². The van der Waals surface area contributed by atoms with Crippen molar-refractivity contribution < 1.29 is 0 Å². The summed E-state index contributed by atoms with van der Waals surface area (Å²) in [7, 11) is 0. The van der Waals surface area contributed by atoms with Crippen molar-refractivity contribution in [2.75, 3.05) is 13.1 Å². The summed E-state index contributed by atoms with van der Waals surface area (Å²) >= 11 is 0. The quantitative estimate of drug-likeness (QED) is 0.640. The second-order valence-electron chi connectivity index (χ2n) is 4.34. The van der Waals surface area contributed by atoms with E-state index in [2.05, 4.69) is 4.90 Å². The first-order valence-electron chi connectivity index (χ1n) is 5.36. The zero-order valence-corrected chi connectivity index (χ0v) is 7.84. The van der Waals surface area contributed by atoms with E-state index < -0.39 is 0 Å². The molecular weight excluding hydrogens is 148 g/mol. The van der Waals surface area contributed by atoms with E-state index in [1.165, 1.54) is 45.1 Å². The maximum absolute atomic E-state index is 5.89. The molecule has 1 atom stereocenters. The molecule has 2 fully saturated rings. The largest absolute Gasteiger partial charge is 0.326 e. The fourth-order valence-electron chi connectivity index (χ4n) is 2.59. The molecule has 2 heteroatoms. The highest BCUT2D eigenvalue weighted by Crippen LogP contribution is 2.24. The summed E-state index contributed by atoms with van der Waals surface area (Å²) in [4.78, 5) is 2.61. The topological polar surface area (TPSA) is 29.3 Å². The number of likely N-dealkylation sites (tertiary alicyclic amines) is 1. The second kappa shape index (κ2) is 3.75. The molecule has 12 heavy (non-hydrogen) atoms. The lowest BCUT2D eigenvalue weighted by atomic mass is 9.94. The van der Waals surface area contributed by atoms with Gasteiger partial charge in [0, 0.05) is 25.2 Å². The minimum Gasteiger partial charge on any atom is -0.326 e. The van der Waals surface area contributed by atoms with Gasteiger partial charge in [0.1, 0.15) is 0 Å². The van der Waals surface area contributed by atoms with Gasteiger partial charge in [-0.2, -0.15) is 0 Å². The first kappa shape index (κ1) is 8.52. The molecule has 0 unspecified atom stereocenters. The summed E-state index contributed by atoms with van der Waals surface area (Å²) in [6.45, 7) is 2.41. The molecule has 1 saturated heterocycles. The molecule has 2 nitrogen and oxygen atoms in total. The van der Waals surface area contributed by atoms with E-state index in [4.69, 9.17) is 5.73 Å². The van der Waals surface area contributed by atoms with Crippen molar-refractivity contribution in [2.24, 2.45) is 5.73 Å². The van der Waals surface area contributed by atoms with Gasteiger partial charge in [-0.15, -0.1) is 0 Å². The molecule has 0 amide bonds. The molecule has 1 aliphatic carbocycles. The van der Waals surface area contributed by atoms with Crippen LogP contribution < -0.4 is 5.73 Å². The Kier molecular flexibility index (Phi) is 2.66. The maximum Gasteiger partial charge on any atom is 0.0180 e. The van der Waals surface area contributed by atoms with Crippen LogP contribution in [0.4, 0.5) is 0 Å². The van der Waals surface area contributed by atoms with Gasteiger partial charge >= 0.3 is 0 Å². The Morgan fingerprint density at radius 2 is 1.75 bits per heavy atom. The summed E-state index contributed by atoms with van der Waals surface area (Å²) in [5.41, 5.74) is 5.89. The molecule has 2 rings (SSSR count). The van der Waals surface area contributed by atoms with Gasteiger partial charge in [-0.1, -0.05) is 19.3 Å². The van der Waals surface area contributed by atoms with Gasteiger partial charge in [0.05, 0.1) is 0 Å². The molecule has 0 radical (unpaired) electrons. The minimum absolute atomic E-state index is 0.465. The lowest BCUT2D eigenvalue weighted by molar-refractivity contribution is 0.189. The first-order valence-corrected chi connectivity index (χ1v) is 5.36. The normalized spacial score (nSPS) is 34.2. The Morgan fingerprint density at radius 3 is 2.33 bits per heavy atom. The molecule has 1 aliphatic heterocycles. The van der Waals surface area contributed by atoms with E-state index in [1.54, 1.807) is 0 Å². The second-order valence-corrected chi connectivity index (χ2v) is 4.34. The fourth-order valence-corrected chi connectivity index (χ4v) is 2.59. The average molecular weight is 168 g/mol. The number of hydrogen-bond acceptors (Lipinski definition) is 2. The van der Waals surface area contributed by atoms with Gasteiger partial charge in [-0.25, -0.2) is 0 Å². The fraction of sp³-hybridized carbons (Fsp3) is 1.00. The van der Waals surface area contributed by atoms with Crippen molar-refractivity contribution in [2.45, 2.75) is 50.6 Å². The van der Waals surface area contributed by atoms with Crippen LogP contribution in [0.2, 0.25) is 0 Å². The lowest BCUT2D eigenvalue weighted by Crippen LogP contribution is -2.36. The van der Waals surface area contributed by atoms with E-state index in [1.807, 2.05) is 0 Å². The Morgan fingerprint density at radius 1 is 1.00 bits per heavy atom. The van der Waals surface area contributed by atoms with Crippen LogP contribution in [-0.4, -0.2) is 30.1 Å². The van der Waals surface area contributed by atoms with Crippen LogP contribution >= 0.6 is 0 Å². The van der Waals surface area contributed by atoms with Crippen LogP contribution in [0, 0.1) is 0 Å². The van der Waals surface area contributed by atoms with Crippen molar-refractivity contribution in [3.63, 3.8) is 0 Å². The smallest absolute Gasteiger partial charge is 0.0180 e. The van der Waals surface area contributed by atoms with Crippen molar-refractivity contribution in [1.82, 2.24) is 4.90 Å². The monoisotopic (exact) mass is 168 g/mol. The summed E-state index contributed by atoms with van der Waals surface area (Å²) < 4.78 is 0. The highest BCUT2D eigenvalue weighted by atomic mass is 15.2. The molecule has 0 aromatic carbocycles. The molecule has 0 aromatic rings. The van der Waals surface area contributed by atoms with Gasteiger partial charge in [-0.3, -0.25) is 4.90 Å². The Hall–Kier alpha value is -0.0800. The van der Waals surface area contributed by atoms with E-state index in [-0.39, 0.29) is 0 Å². The summed E-state index contributed by atoms with van der Waals surface area (Å²) in [5.74, 6) is 0. The van der Waals surface area contributed by atoms with E-state index >= 15 is 0 Å². The number of nitrogens with zero attached hydrogens (tertiary/aromatic N) is 1. The van der Waals surface area contributed by atoms with Gasteiger partial charge < -0.3 is 5.73 Å². The Labute approximate surface area is 75.1 Å². The highest BCUT2D eigenvalue weighted by molar-refractivity contribution is 4.84. The molecule has 1 heterocycles. The molecule has 1 saturated carbocycles. The minimum atomic E-state index is 0.465. The summed E-state index contributed by atoms with van der Waals surface area (Å²) in [6.07, 6.45) is 8.40. The van der Waals surface area contributed by atoms with Gasteiger partial charge in [0.15, 0.2) is 0 Å². The number of nitrogens with two attached hydrogens (primary N) is 1. The van der Waals surface area contributed by atoms with Crippen molar-refractivity contribution >= 4 is 0 Å². The average Bonchev–Trinajstić information content (AvgIpc) is 2.54. The van der Waals surface area contributed by atoms with Crippen LogP contribution in [0.25, 0.3) is 0 Å². The first-order chi connectivity index (χ1) is 5.86. The molecule has 0 bridgehead atoms. The Balaban J connectivity index is 1.83. The number of rotatable bonds is 1. The van der Waals surface area contributed by atoms with Crippen molar-refractivity contribution in [3.8, 4) is 0 Å². The molecule has 2 N–H and O–H groups in total. The zero-order valence-electron chi connectivity index (χ0n) is 7.84. The van der Waals surface area contributed by atoms with Crippen LogP contribution in [0.1, 0.15) is 38.5 Å². The molecule has 70 valence electrons. The standard InChI is InChI=1S/C10H20N2/c11-9-6-7-12(8-9)10-4-2-1-3-5-10/h9-10H,1-8,11H2/t9-/m1/s1. The van der Waals surface area contributed by atoms with E-state index in [9.17, 15) is 0 Å². The lowest BCUT2D eigenvalue weighted by Gasteiger charge is -2.30. The van der Waals surface area contributed by atoms with Gasteiger partial charge in [-0.05, 0) is 19.3 Å². The van der Waals surface area contributed by atoms with Gasteiger partial charge in [0.25, 0.3) is 0 Å². The Bertz CT molecular complexity index is 138. The third-order valence-electron chi connectivity index (χ3n) is 3.35. The maximum atomic E-state index is 5.89. The summed E-state index contributed by atoms with van der Waals surface area (Å²) in [6, 6.07) is 1.35. The van der Waals surface area contributed by atoms with E-state index in [0.717, 1.165) is 12.6 Å². The predicted molar refractivity (Wildman–Crippen MR) is 51.0 cm³/mol. The zero-order chi connectivity index (χ0) is 8.39. The third kappa shape index (κ3) is 1.80. The van der Waals surface area contributed by atoms with E-state index in [0.29, 0.717) is 6.04 Å². The van der Waals surface area contributed by atoms with Crippen LogP contribution in [0.15, 0.2) is 0 Å². The SMILES string of the molecule is N[C@@H]1CCN(C2CCCCC2)C1. The summed E-state index contributed by atoms with van der Waals surface area (Å²) in [5, 5.41) is 0. The van der Waals surface area contributed by atoms with Crippen LogP contribution in [0.3, 0.4) is 0 Å². The number of hydrogen-bond donors (Lipinski definition) is 1. The molecule has 0 spiro atoms. The van der Waals surface area contributed by atoms with Gasteiger partial charge in [0.2, 0.25) is 0 Å². The molecule has 2 aliphatic rings. The highest BCUT2D eigenvalue weighted by Gasteiger charge is 2.26. The van der Waals surface area contributed by atoms with Crippen LogP contribution in [0.5, 0.6) is 0 Å². The predicted octanol–water partition coefficient (Wildman–Crippen LogP) is 1.35. The van der Waals surface area contributed by atoms with Crippen LogP contribution in [-0.2, 0) is 0 Å².